The highest BCUT2D eigenvalue weighted by molar-refractivity contribution is 6.31. The summed E-state index contributed by atoms with van der Waals surface area (Å²) in [6.45, 7) is 2.48. The summed E-state index contributed by atoms with van der Waals surface area (Å²) in [6, 6.07) is 9.37. The number of carbonyl (C=O) groups is 5. The number of aromatic hydroxyl groups is 2. The summed E-state index contributed by atoms with van der Waals surface area (Å²) in [7, 11) is 1.31. The van der Waals surface area contributed by atoms with Gasteiger partial charge in [0.1, 0.15) is 41.3 Å². The Morgan fingerprint density at radius 3 is 2.37 bits per heavy atom. The Bertz CT molecular complexity index is 1980. The molecular formula is C36H36N2O14. The second-order valence-electron chi connectivity index (χ2n) is 12.9. The molecule has 0 bridgehead atoms. The highest BCUT2D eigenvalue weighted by atomic mass is 16.7. The Morgan fingerprint density at radius 2 is 1.71 bits per heavy atom. The number of methoxy groups -OCH3 is 1. The van der Waals surface area contributed by atoms with Crippen LogP contribution >= 0.6 is 0 Å². The first-order valence-electron chi connectivity index (χ1n) is 16.2. The largest absolute Gasteiger partial charge is 0.507 e. The zero-order chi connectivity index (χ0) is 37.6. The molecular weight excluding hydrogens is 684 g/mol. The molecule has 0 radical (unpaired) electrons. The van der Waals surface area contributed by atoms with Gasteiger partial charge in [-0.25, -0.2) is 9.59 Å². The lowest BCUT2D eigenvalue weighted by molar-refractivity contribution is -0.249. The van der Waals surface area contributed by atoms with Crippen LogP contribution in [-0.2, 0) is 32.0 Å². The summed E-state index contributed by atoms with van der Waals surface area (Å²) in [6.07, 6.45) is -7.77. The fourth-order valence-electron chi connectivity index (χ4n) is 6.88. The van der Waals surface area contributed by atoms with Crippen molar-refractivity contribution >= 4 is 29.5 Å². The minimum Gasteiger partial charge on any atom is -0.507 e. The molecule has 0 spiro atoms. The third-order valence-corrected chi connectivity index (χ3v) is 9.57. The Hall–Kier alpha value is -5.55. The number of primary amides is 1. The second kappa shape index (κ2) is 13.9. The molecule has 16 nitrogen and oxygen atoms in total. The van der Waals surface area contributed by atoms with E-state index in [4.69, 9.17) is 29.4 Å². The fraction of sp³-hybridized carbons (Fsp3) is 0.361. The van der Waals surface area contributed by atoms with Crippen molar-refractivity contribution in [1.82, 2.24) is 5.32 Å². The number of Topliss-reactive ketones (excluding diaryl/α,β-unsaturated/α-hetero) is 1. The van der Waals surface area contributed by atoms with Crippen molar-refractivity contribution < 1.29 is 68.1 Å². The van der Waals surface area contributed by atoms with Gasteiger partial charge in [-0.3, -0.25) is 14.4 Å². The third kappa shape index (κ3) is 6.52. The summed E-state index contributed by atoms with van der Waals surface area (Å²) in [5.41, 5.74) is 1.96. The first kappa shape index (κ1) is 36.2. The number of phenols is 2. The Kier molecular flexibility index (Phi) is 9.67. The van der Waals surface area contributed by atoms with Gasteiger partial charge in [0, 0.05) is 36.0 Å². The fourth-order valence-corrected chi connectivity index (χ4v) is 6.88. The van der Waals surface area contributed by atoms with Gasteiger partial charge in [-0.2, -0.15) is 0 Å². The Balaban J connectivity index is 1.26. The van der Waals surface area contributed by atoms with Crippen molar-refractivity contribution in [3.05, 3.63) is 81.4 Å². The van der Waals surface area contributed by atoms with Crippen LogP contribution in [0.5, 0.6) is 23.0 Å². The quantitative estimate of drug-likeness (QED) is 0.143. The normalized spacial score (nSPS) is 24.9. The molecule has 0 aromatic heterocycles. The van der Waals surface area contributed by atoms with Crippen LogP contribution in [0.25, 0.3) is 0 Å². The number of alkyl carbamates (subject to hydrolysis) is 1. The summed E-state index contributed by atoms with van der Waals surface area (Å²) < 4.78 is 27.5. The molecule has 1 heterocycles. The smallest absolute Gasteiger partial charge is 0.409 e. The topological polar surface area (TPSA) is 250 Å². The summed E-state index contributed by atoms with van der Waals surface area (Å²) in [5.74, 6) is -3.38. The van der Waals surface area contributed by atoms with E-state index in [0.717, 1.165) is 6.92 Å². The molecule has 274 valence electrons. The number of amides is 2. The maximum Gasteiger partial charge on any atom is 0.409 e. The van der Waals surface area contributed by atoms with E-state index in [2.05, 4.69) is 5.32 Å². The van der Waals surface area contributed by atoms with Gasteiger partial charge in [-0.1, -0.05) is 24.3 Å². The molecule has 7 N–H and O–H groups in total. The highest BCUT2D eigenvalue weighted by Crippen LogP contribution is 2.52. The van der Waals surface area contributed by atoms with E-state index in [1.165, 1.54) is 44.4 Å². The lowest BCUT2D eigenvalue weighted by Gasteiger charge is -2.42. The zero-order valence-corrected chi connectivity index (χ0v) is 28.2. The minimum atomic E-state index is -2.12. The van der Waals surface area contributed by atoms with E-state index in [1.807, 2.05) is 0 Å². The number of phenolic OH excluding ortho intramolecular Hbond substituents is 2. The average molecular weight is 721 g/mol. The Morgan fingerprint density at radius 1 is 1.02 bits per heavy atom. The SMILES string of the molecule is COc1cccc2c1C(=O)c1c(O)c3c(c(O)c1C2=O)C[C@@](O)(C(C)=O)C[C@@H]3O[C@H]1C[C@H](NC(=O)OCc2ccc(OC(N)=O)cc2)[C@H](O)[C@H](C)O1. The number of carbonyl (C=O) groups excluding carboxylic acids is 5. The van der Waals surface area contributed by atoms with Crippen molar-refractivity contribution in [3.8, 4) is 23.0 Å². The molecule has 1 saturated heterocycles. The summed E-state index contributed by atoms with van der Waals surface area (Å²) >= 11 is 0. The van der Waals surface area contributed by atoms with Crippen LogP contribution in [0.15, 0.2) is 42.5 Å². The first-order chi connectivity index (χ1) is 24.6. The van der Waals surface area contributed by atoms with E-state index in [9.17, 15) is 44.4 Å². The number of aliphatic hydroxyl groups excluding tert-OH is 1. The molecule has 52 heavy (non-hydrogen) atoms. The predicted molar refractivity (Wildman–Crippen MR) is 176 cm³/mol. The number of aliphatic hydroxyl groups is 2. The minimum absolute atomic E-state index is 0.0649. The number of fused-ring (bicyclic) bond motifs is 3. The molecule has 1 fully saturated rings. The second-order valence-corrected chi connectivity index (χ2v) is 12.9. The van der Waals surface area contributed by atoms with Crippen LogP contribution in [0, 0.1) is 0 Å². The molecule has 3 aromatic rings. The molecule has 16 heteroatoms. The van der Waals surface area contributed by atoms with Gasteiger partial charge >= 0.3 is 12.2 Å². The van der Waals surface area contributed by atoms with Crippen LogP contribution in [0.1, 0.15) is 81.3 Å². The van der Waals surface area contributed by atoms with E-state index in [1.54, 1.807) is 12.1 Å². The maximum absolute atomic E-state index is 13.9. The van der Waals surface area contributed by atoms with Gasteiger partial charge in [-0.05, 0) is 37.6 Å². The van der Waals surface area contributed by atoms with Gasteiger partial charge in [0.25, 0.3) is 0 Å². The number of nitrogens with two attached hydrogens (primary N) is 1. The molecule has 0 saturated carbocycles. The van der Waals surface area contributed by atoms with Gasteiger partial charge in [0.15, 0.2) is 17.9 Å². The first-order valence-corrected chi connectivity index (χ1v) is 16.2. The number of benzene rings is 3. The molecule has 3 aromatic carbocycles. The van der Waals surface area contributed by atoms with Crippen molar-refractivity contribution in [3.63, 3.8) is 0 Å². The predicted octanol–water partition coefficient (Wildman–Crippen LogP) is 2.45. The standard InChI is InChI=1S/C36H36N2O14/c1-15-29(40)21(38-35(46)49-14-17-7-9-18(10-8-17)51-34(37)45)11-24(50-15)52-23-13-36(47,16(2)39)12-20-26(23)33(44)28-27(31(20)42)30(41)19-5-4-6-22(48-3)25(19)32(28)43/h4-10,15,21,23-24,29,40,42,44,47H,11-14H2,1-3H3,(H2,37,45)(H,38,46)/t15-,21-,23-,24-,29+,36-/m0/s1. The molecule has 6 atom stereocenters. The molecule has 6 rings (SSSR count). The maximum atomic E-state index is 13.9. The van der Waals surface area contributed by atoms with E-state index in [0.29, 0.717) is 5.56 Å². The van der Waals surface area contributed by atoms with Crippen molar-refractivity contribution in [2.24, 2.45) is 5.73 Å². The van der Waals surface area contributed by atoms with Gasteiger partial charge in [-0.15, -0.1) is 0 Å². The van der Waals surface area contributed by atoms with Crippen molar-refractivity contribution in [2.75, 3.05) is 7.11 Å². The van der Waals surface area contributed by atoms with Crippen LogP contribution in [-0.4, -0.2) is 87.2 Å². The number of ketones is 3. The third-order valence-electron chi connectivity index (χ3n) is 9.57. The monoisotopic (exact) mass is 720 g/mol. The average Bonchev–Trinajstić information content (AvgIpc) is 3.09. The number of hydrogen-bond donors (Lipinski definition) is 6. The zero-order valence-electron chi connectivity index (χ0n) is 28.2. The molecule has 0 unspecified atom stereocenters. The van der Waals surface area contributed by atoms with E-state index in [-0.39, 0.29) is 46.8 Å². The number of rotatable bonds is 8. The molecule has 3 aliphatic rings. The Labute approximate surface area is 296 Å². The molecule has 2 amide bonds. The van der Waals surface area contributed by atoms with Crippen LogP contribution in [0.3, 0.4) is 0 Å². The number of nitrogens with one attached hydrogen (secondary N) is 1. The summed E-state index contributed by atoms with van der Waals surface area (Å²) in [4.78, 5) is 64.0. The van der Waals surface area contributed by atoms with Crippen molar-refractivity contribution in [2.45, 2.75) is 76.0 Å². The molecule has 1 aliphatic heterocycles. The lowest BCUT2D eigenvalue weighted by Crippen LogP contribution is -2.55. The number of hydrogen-bond acceptors (Lipinski definition) is 14. The van der Waals surface area contributed by atoms with E-state index >= 15 is 0 Å². The van der Waals surface area contributed by atoms with Crippen LogP contribution in [0.2, 0.25) is 0 Å². The number of ether oxygens (including phenoxy) is 5. The lowest BCUT2D eigenvalue weighted by atomic mass is 9.72. The van der Waals surface area contributed by atoms with Gasteiger partial charge in [0.2, 0.25) is 5.78 Å². The van der Waals surface area contributed by atoms with Crippen LogP contribution < -0.4 is 20.5 Å². The highest BCUT2D eigenvalue weighted by Gasteiger charge is 2.49. The van der Waals surface area contributed by atoms with Gasteiger partial charge < -0.3 is 55.2 Å². The van der Waals surface area contributed by atoms with Crippen LogP contribution in [0.4, 0.5) is 9.59 Å². The molecule has 2 aliphatic carbocycles. The van der Waals surface area contributed by atoms with E-state index < -0.39 is 101 Å². The van der Waals surface area contributed by atoms with Crippen molar-refractivity contribution in [1.29, 1.82) is 0 Å². The summed E-state index contributed by atoms with van der Waals surface area (Å²) in [5, 5.41) is 48.1. The van der Waals surface area contributed by atoms with Gasteiger partial charge in [0.05, 0.1) is 42.0 Å².